The molecule has 17 heavy (non-hydrogen) atoms. The number of aliphatic hydroxyl groups is 1. The predicted octanol–water partition coefficient (Wildman–Crippen LogP) is 2.88. The molecule has 0 aromatic rings. The summed E-state index contributed by atoms with van der Waals surface area (Å²) >= 11 is 0. The number of allylic oxidation sites excluding steroid dienone is 2. The lowest BCUT2D eigenvalue weighted by Gasteiger charge is -2.48. The van der Waals surface area contributed by atoms with Crippen molar-refractivity contribution in [3.05, 3.63) is 23.8 Å². The normalized spacial score (nSPS) is 41.8. The van der Waals surface area contributed by atoms with E-state index in [4.69, 9.17) is 0 Å². The SMILES string of the molecule is C=C(C)[C@H]1CC(=O)C2=CC[C@@H](O)[C@H](C)[C@@]2(C)C1. The number of rotatable bonds is 1. The van der Waals surface area contributed by atoms with E-state index < -0.39 is 0 Å². The highest BCUT2D eigenvalue weighted by molar-refractivity contribution is 5.98. The Morgan fingerprint density at radius 1 is 1.59 bits per heavy atom. The van der Waals surface area contributed by atoms with Gasteiger partial charge in [-0.1, -0.05) is 32.1 Å². The largest absolute Gasteiger partial charge is 0.392 e. The maximum atomic E-state index is 12.2. The van der Waals surface area contributed by atoms with Crippen LogP contribution in [-0.2, 0) is 4.79 Å². The third kappa shape index (κ3) is 1.89. The molecular formula is C15H22O2. The number of hydrogen-bond donors (Lipinski definition) is 1. The Bertz CT molecular complexity index is 394. The van der Waals surface area contributed by atoms with Gasteiger partial charge in [0.1, 0.15) is 0 Å². The molecule has 1 saturated carbocycles. The minimum Gasteiger partial charge on any atom is -0.392 e. The van der Waals surface area contributed by atoms with Crippen LogP contribution in [0.4, 0.5) is 0 Å². The monoisotopic (exact) mass is 234 g/mol. The van der Waals surface area contributed by atoms with Crippen LogP contribution in [-0.4, -0.2) is 17.0 Å². The van der Waals surface area contributed by atoms with Gasteiger partial charge in [-0.2, -0.15) is 0 Å². The highest BCUT2D eigenvalue weighted by Gasteiger charge is 2.48. The molecule has 2 nitrogen and oxygen atoms in total. The molecule has 94 valence electrons. The zero-order valence-electron chi connectivity index (χ0n) is 11.0. The second kappa shape index (κ2) is 4.09. The smallest absolute Gasteiger partial charge is 0.159 e. The summed E-state index contributed by atoms with van der Waals surface area (Å²) in [6.45, 7) is 10.2. The molecule has 2 aliphatic rings. The first-order chi connectivity index (χ1) is 7.86. The van der Waals surface area contributed by atoms with Gasteiger partial charge in [0, 0.05) is 11.8 Å². The topological polar surface area (TPSA) is 37.3 Å². The second-order valence-corrected chi connectivity index (χ2v) is 6.00. The minimum absolute atomic E-state index is 0.147. The number of carbonyl (C=O) groups is 1. The molecule has 0 radical (unpaired) electrons. The first-order valence-corrected chi connectivity index (χ1v) is 6.43. The molecule has 4 atom stereocenters. The Balaban J connectivity index is 2.39. The van der Waals surface area contributed by atoms with Gasteiger partial charge in [-0.05, 0) is 37.2 Å². The van der Waals surface area contributed by atoms with E-state index in [9.17, 15) is 9.90 Å². The molecule has 2 aliphatic carbocycles. The summed E-state index contributed by atoms with van der Waals surface area (Å²) in [5.74, 6) is 0.677. The summed E-state index contributed by atoms with van der Waals surface area (Å²) in [6.07, 6.45) is 3.80. The standard InChI is InChI=1S/C15H22O2/c1-9(2)11-7-14(17)12-5-6-13(16)10(3)15(12,4)8-11/h5,10-11,13,16H,1,6-8H2,2-4H3/t10-,11-,13+,15+/m0/s1. The Morgan fingerprint density at radius 3 is 2.82 bits per heavy atom. The van der Waals surface area contributed by atoms with E-state index >= 15 is 0 Å². The Kier molecular flexibility index (Phi) is 3.03. The molecule has 1 fully saturated rings. The van der Waals surface area contributed by atoms with E-state index in [-0.39, 0.29) is 29.1 Å². The van der Waals surface area contributed by atoms with Crippen LogP contribution in [0.5, 0.6) is 0 Å². The van der Waals surface area contributed by atoms with Gasteiger partial charge in [0.2, 0.25) is 0 Å². The zero-order chi connectivity index (χ0) is 12.8. The van der Waals surface area contributed by atoms with Gasteiger partial charge in [-0.3, -0.25) is 4.79 Å². The Labute approximate surface area is 103 Å². The lowest BCUT2D eigenvalue weighted by Crippen LogP contribution is -2.45. The average Bonchev–Trinajstić information content (AvgIpc) is 2.24. The molecule has 1 N–H and O–H groups in total. The molecule has 0 heterocycles. The minimum atomic E-state index is -0.319. The molecule has 2 rings (SSSR count). The molecular weight excluding hydrogens is 212 g/mol. The number of carbonyl (C=O) groups excluding carboxylic acids is 1. The summed E-state index contributed by atoms with van der Waals surface area (Å²) in [7, 11) is 0. The van der Waals surface area contributed by atoms with Crippen LogP contribution in [0.3, 0.4) is 0 Å². The average molecular weight is 234 g/mol. The number of aliphatic hydroxyl groups excluding tert-OH is 1. The predicted molar refractivity (Wildman–Crippen MR) is 68.5 cm³/mol. The highest BCUT2D eigenvalue weighted by atomic mass is 16.3. The van der Waals surface area contributed by atoms with Crippen LogP contribution >= 0.6 is 0 Å². The quantitative estimate of drug-likeness (QED) is 0.708. The molecule has 2 heteroatoms. The Hall–Kier alpha value is -0.890. The number of fused-ring (bicyclic) bond motifs is 1. The van der Waals surface area contributed by atoms with Crippen LogP contribution < -0.4 is 0 Å². The number of hydrogen-bond acceptors (Lipinski definition) is 2. The van der Waals surface area contributed by atoms with Crippen LogP contribution in [0.1, 0.15) is 40.0 Å². The van der Waals surface area contributed by atoms with E-state index in [1.165, 1.54) is 0 Å². The summed E-state index contributed by atoms with van der Waals surface area (Å²) in [5.41, 5.74) is 1.87. The fourth-order valence-corrected chi connectivity index (χ4v) is 3.34. The van der Waals surface area contributed by atoms with Crippen LogP contribution in [0.2, 0.25) is 0 Å². The highest BCUT2D eigenvalue weighted by Crippen LogP contribution is 2.51. The zero-order valence-corrected chi connectivity index (χ0v) is 11.0. The molecule has 0 saturated heterocycles. The van der Waals surface area contributed by atoms with Crippen molar-refractivity contribution >= 4 is 5.78 Å². The van der Waals surface area contributed by atoms with Gasteiger partial charge >= 0.3 is 0 Å². The first-order valence-electron chi connectivity index (χ1n) is 6.43. The van der Waals surface area contributed by atoms with E-state index in [1.54, 1.807) is 0 Å². The van der Waals surface area contributed by atoms with Crippen molar-refractivity contribution in [2.75, 3.05) is 0 Å². The molecule has 0 unspecified atom stereocenters. The summed E-state index contributed by atoms with van der Waals surface area (Å²) < 4.78 is 0. The summed E-state index contributed by atoms with van der Waals surface area (Å²) in [6, 6.07) is 0. The fourth-order valence-electron chi connectivity index (χ4n) is 3.34. The maximum absolute atomic E-state index is 12.2. The lowest BCUT2D eigenvalue weighted by molar-refractivity contribution is -0.121. The van der Waals surface area contributed by atoms with Gasteiger partial charge in [-0.25, -0.2) is 0 Å². The van der Waals surface area contributed by atoms with Crippen molar-refractivity contribution in [3.63, 3.8) is 0 Å². The van der Waals surface area contributed by atoms with Crippen LogP contribution in [0, 0.1) is 17.3 Å². The van der Waals surface area contributed by atoms with Crippen molar-refractivity contribution in [1.82, 2.24) is 0 Å². The summed E-state index contributed by atoms with van der Waals surface area (Å²) in [5, 5.41) is 10.0. The number of ketones is 1. The Morgan fingerprint density at radius 2 is 2.24 bits per heavy atom. The first kappa shape index (κ1) is 12.6. The molecule has 0 aromatic heterocycles. The summed E-state index contributed by atoms with van der Waals surface area (Å²) in [4.78, 5) is 12.2. The van der Waals surface area contributed by atoms with Gasteiger partial charge < -0.3 is 5.11 Å². The van der Waals surface area contributed by atoms with Crippen molar-refractivity contribution in [1.29, 1.82) is 0 Å². The van der Waals surface area contributed by atoms with Gasteiger partial charge in [-0.15, -0.1) is 0 Å². The van der Waals surface area contributed by atoms with E-state index in [2.05, 4.69) is 20.4 Å². The molecule has 0 spiro atoms. The molecule has 0 aliphatic heterocycles. The van der Waals surface area contributed by atoms with Crippen molar-refractivity contribution in [3.8, 4) is 0 Å². The lowest BCUT2D eigenvalue weighted by atomic mass is 9.56. The van der Waals surface area contributed by atoms with E-state index in [1.807, 2.05) is 13.0 Å². The second-order valence-electron chi connectivity index (χ2n) is 6.00. The van der Waals surface area contributed by atoms with Crippen molar-refractivity contribution in [2.24, 2.45) is 17.3 Å². The van der Waals surface area contributed by atoms with Gasteiger partial charge in [0.05, 0.1) is 6.10 Å². The van der Waals surface area contributed by atoms with E-state index in [0.717, 1.165) is 17.6 Å². The molecule has 0 aromatic carbocycles. The van der Waals surface area contributed by atoms with Gasteiger partial charge in [0.15, 0.2) is 5.78 Å². The molecule has 0 bridgehead atoms. The third-order valence-electron chi connectivity index (χ3n) is 4.86. The van der Waals surface area contributed by atoms with Crippen molar-refractivity contribution < 1.29 is 9.90 Å². The fraction of sp³-hybridized carbons (Fsp3) is 0.667. The van der Waals surface area contributed by atoms with Crippen LogP contribution in [0.15, 0.2) is 23.8 Å². The molecule has 0 amide bonds. The maximum Gasteiger partial charge on any atom is 0.159 e. The van der Waals surface area contributed by atoms with Crippen molar-refractivity contribution in [2.45, 2.75) is 46.1 Å². The van der Waals surface area contributed by atoms with Crippen LogP contribution in [0.25, 0.3) is 0 Å². The van der Waals surface area contributed by atoms with E-state index in [0.29, 0.717) is 12.8 Å². The third-order valence-corrected chi connectivity index (χ3v) is 4.86. The van der Waals surface area contributed by atoms with Gasteiger partial charge in [0.25, 0.3) is 0 Å². The number of Topliss-reactive ketones (excluding diaryl/α,β-unsaturated/α-hetero) is 1.